The van der Waals surface area contributed by atoms with E-state index < -0.39 is 0 Å². The summed E-state index contributed by atoms with van der Waals surface area (Å²) in [6.07, 6.45) is 0. The molecule has 0 amide bonds. The van der Waals surface area contributed by atoms with Crippen molar-refractivity contribution in [3.05, 3.63) is 40.6 Å². The van der Waals surface area contributed by atoms with Crippen LogP contribution in [0.2, 0.25) is 0 Å². The Morgan fingerprint density at radius 1 is 1.09 bits per heavy atom. The average Bonchev–Trinajstić information content (AvgIpc) is 2.56. The van der Waals surface area contributed by atoms with Crippen molar-refractivity contribution in [3.8, 4) is 0 Å². The number of hydrogen-bond donors (Lipinski definition) is 1. The van der Waals surface area contributed by atoms with Crippen LogP contribution in [0.25, 0.3) is 0 Å². The molecular formula is C17H22BrN5. The van der Waals surface area contributed by atoms with Gasteiger partial charge in [0.1, 0.15) is 17.5 Å². The molecule has 2 aromatic rings. The Kier molecular flexibility index (Phi) is 5.13. The number of nitrogens with one attached hydrogen (secondary N) is 1. The lowest BCUT2D eigenvalue weighted by atomic mass is 10.3. The summed E-state index contributed by atoms with van der Waals surface area (Å²) < 4.78 is 1.07. The van der Waals surface area contributed by atoms with E-state index in [1.54, 1.807) is 0 Å². The highest BCUT2D eigenvalue weighted by Crippen LogP contribution is 2.22. The molecule has 23 heavy (non-hydrogen) atoms. The SMILES string of the molecule is CCN1CCN(c2cc(Nc3ccc(Br)cc3)nc(C)n2)CC1. The summed E-state index contributed by atoms with van der Waals surface area (Å²) in [6, 6.07) is 10.1. The Bertz CT molecular complexity index is 651. The smallest absolute Gasteiger partial charge is 0.136 e. The summed E-state index contributed by atoms with van der Waals surface area (Å²) in [6.45, 7) is 9.49. The summed E-state index contributed by atoms with van der Waals surface area (Å²) in [5.74, 6) is 2.64. The van der Waals surface area contributed by atoms with Gasteiger partial charge in [-0.3, -0.25) is 0 Å². The first kappa shape index (κ1) is 16.2. The summed E-state index contributed by atoms with van der Waals surface area (Å²) >= 11 is 3.45. The van der Waals surface area contributed by atoms with Crippen molar-refractivity contribution in [2.75, 3.05) is 42.9 Å². The number of nitrogens with zero attached hydrogens (tertiary/aromatic N) is 4. The third-order valence-electron chi connectivity index (χ3n) is 4.08. The molecule has 1 aliphatic rings. The zero-order valence-corrected chi connectivity index (χ0v) is 15.2. The number of aryl methyl sites for hydroxylation is 1. The van der Waals surface area contributed by atoms with Crippen LogP contribution >= 0.6 is 15.9 Å². The lowest BCUT2D eigenvalue weighted by Gasteiger charge is -2.34. The molecule has 0 aliphatic carbocycles. The summed E-state index contributed by atoms with van der Waals surface area (Å²) in [7, 11) is 0. The molecular weight excluding hydrogens is 354 g/mol. The van der Waals surface area contributed by atoms with Gasteiger partial charge >= 0.3 is 0 Å². The maximum atomic E-state index is 4.61. The summed E-state index contributed by atoms with van der Waals surface area (Å²) in [4.78, 5) is 13.9. The molecule has 0 bridgehead atoms. The van der Waals surface area contributed by atoms with Gasteiger partial charge in [0.25, 0.3) is 0 Å². The lowest BCUT2D eigenvalue weighted by molar-refractivity contribution is 0.270. The average molecular weight is 376 g/mol. The number of benzene rings is 1. The van der Waals surface area contributed by atoms with Crippen LogP contribution in [0.15, 0.2) is 34.8 Å². The van der Waals surface area contributed by atoms with Gasteiger partial charge in [-0.15, -0.1) is 0 Å². The predicted octanol–water partition coefficient (Wildman–Crippen LogP) is 3.43. The van der Waals surface area contributed by atoms with Crippen molar-refractivity contribution in [2.24, 2.45) is 0 Å². The van der Waals surface area contributed by atoms with Crippen LogP contribution in [0.3, 0.4) is 0 Å². The second-order valence-corrected chi connectivity index (χ2v) is 6.63. The second-order valence-electron chi connectivity index (χ2n) is 5.71. The van der Waals surface area contributed by atoms with E-state index in [2.05, 4.69) is 47.9 Å². The van der Waals surface area contributed by atoms with Gasteiger partial charge in [-0.1, -0.05) is 22.9 Å². The lowest BCUT2D eigenvalue weighted by Crippen LogP contribution is -2.46. The highest BCUT2D eigenvalue weighted by molar-refractivity contribution is 9.10. The van der Waals surface area contributed by atoms with Gasteiger partial charge < -0.3 is 15.1 Å². The van der Waals surface area contributed by atoms with Gasteiger partial charge in [-0.05, 0) is 37.7 Å². The molecule has 3 rings (SSSR count). The van der Waals surface area contributed by atoms with Crippen molar-refractivity contribution in [1.82, 2.24) is 14.9 Å². The van der Waals surface area contributed by atoms with Gasteiger partial charge in [-0.25, -0.2) is 9.97 Å². The zero-order chi connectivity index (χ0) is 16.2. The van der Waals surface area contributed by atoms with E-state index in [1.807, 2.05) is 37.3 Å². The standard InChI is InChI=1S/C17H22BrN5/c1-3-22-8-10-23(11-9-22)17-12-16(19-13(2)20-17)21-15-6-4-14(18)5-7-15/h4-7,12H,3,8-11H2,1-2H3,(H,19,20,21). The van der Waals surface area contributed by atoms with Crippen molar-refractivity contribution in [1.29, 1.82) is 0 Å². The van der Waals surface area contributed by atoms with Crippen LogP contribution in [-0.4, -0.2) is 47.6 Å². The second kappa shape index (κ2) is 7.27. The topological polar surface area (TPSA) is 44.3 Å². The van der Waals surface area contributed by atoms with Crippen LogP contribution in [-0.2, 0) is 0 Å². The molecule has 1 fully saturated rings. The molecule has 1 aliphatic heterocycles. The van der Waals surface area contributed by atoms with Crippen LogP contribution < -0.4 is 10.2 Å². The largest absolute Gasteiger partial charge is 0.354 e. The molecule has 0 radical (unpaired) electrons. The van der Waals surface area contributed by atoms with Crippen LogP contribution in [0, 0.1) is 6.92 Å². The monoisotopic (exact) mass is 375 g/mol. The first-order valence-corrected chi connectivity index (χ1v) is 8.79. The maximum absolute atomic E-state index is 4.61. The minimum atomic E-state index is 0.792. The fourth-order valence-corrected chi connectivity index (χ4v) is 3.02. The molecule has 1 aromatic carbocycles. The third-order valence-corrected chi connectivity index (χ3v) is 4.61. The molecule has 0 unspecified atom stereocenters. The van der Waals surface area contributed by atoms with E-state index in [-0.39, 0.29) is 0 Å². The van der Waals surface area contributed by atoms with Gasteiger partial charge in [0.05, 0.1) is 0 Å². The number of anilines is 3. The molecule has 1 saturated heterocycles. The fraction of sp³-hybridized carbons (Fsp3) is 0.412. The highest BCUT2D eigenvalue weighted by atomic mass is 79.9. The molecule has 5 nitrogen and oxygen atoms in total. The number of halogens is 1. The van der Waals surface area contributed by atoms with Crippen molar-refractivity contribution in [3.63, 3.8) is 0 Å². The van der Waals surface area contributed by atoms with Gasteiger partial charge in [-0.2, -0.15) is 0 Å². The van der Waals surface area contributed by atoms with Crippen molar-refractivity contribution >= 4 is 33.3 Å². The van der Waals surface area contributed by atoms with E-state index in [4.69, 9.17) is 0 Å². The Morgan fingerprint density at radius 3 is 2.43 bits per heavy atom. The quantitative estimate of drug-likeness (QED) is 0.886. The Morgan fingerprint density at radius 2 is 1.78 bits per heavy atom. The molecule has 122 valence electrons. The van der Waals surface area contributed by atoms with Crippen molar-refractivity contribution < 1.29 is 0 Å². The summed E-state index contributed by atoms with van der Waals surface area (Å²) in [5, 5.41) is 3.36. The number of piperazine rings is 1. The minimum absolute atomic E-state index is 0.792. The number of aromatic nitrogens is 2. The first-order chi connectivity index (χ1) is 11.1. The number of hydrogen-bond acceptors (Lipinski definition) is 5. The molecule has 0 atom stereocenters. The molecule has 2 heterocycles. The molecule has 0 spiro atoms. The molecule has 0 saturated carbocycles. The first-order valence-electron chi connectivity index (χ1n) is 7.99. The predicted molar refractivity (Wildman–Crippen MR) is 98.5 cm³/mol. The Hall–Kier alpha value is -1.66. The van der Waals surface area contributed by atoms with Crippen LogP contribution in [0.1, 0.15) is 12.7 Å². The third kappa shape index (κ3) is 4.20. The summed E-state index contributed by atoms with van der Waals surface area (Å²) in [5.41, 5.74) is 1.02. The Balaban J connectivity index is 1.75. The highest BCUT2D eigenvalue weighted by Gasteiger charge is 2.17. The van der Waals surface area contributed by atoms with Crippen LogP contribution in [0.4, 0.5) is 17.3 Å². The normalized spacial score (nSPS) is 15.7. The van der Waals surface area contributed by atoms with E-state index in [0.717, 1.165) is 60.3 Å². The van der Waals surface area contributed by atoms with Gasteiger partial charge in [0.15, 0.2) is 0 Å². The number of likely N-dealkylation sites (N-methyl/N-ethyl adjacent to an activating group) is 1. The minimum Gasteiger partial charge on any atom is -0.354 e. The molecule has 6 heteroatoms. The fourth-order valence-electron chi connectivity index (χ4n) is 2.75. The van der Waals surface area contributed by atoms with E-state index in [9.17, 15) is 0 Å². The van der Waals surface area contributed by atoms with E-state index in [0.29, 0.717) is 0 Å². The zero-order valence-electron chi connectivity index (χ0n) is 13.6. The van der Waals surface area contributed by atoms with Gasteiger partial charge in [0.2, 0.25) is 0 Å². The van der Waals surface area contributed by atoms with E-state index >= 15 is 0 Å². The number of rotatable bonds is 4. The van der Waals surface area contributed by atoms with Crippen LogP contribution in [0.5, 0.6) is 0 Å². The molecule has 1 N–H and O–H groups in total. The Labute approximate surface area is 145 Å². The van der Waals surface area contributed by atoms with E-state index in [1.165, 1.54) is 0 Å². The van der Waals surface area contributed by atoms with Gasteiger partial charge in [0, 0.05) is 42.4 Å². The maximum Gasteiger partial charge on any atom is 0.136 e. The molecule has 1 aromatic heterocycles. The van der Waals surface area contributed by atoms with Crippen molar-refractivity contribution in [2.45, 2.75) is 13.8 Å².